The Kier molecular flexibility index (Phi) is 13.1. The van der Waals surface area contributed by atoms with Crippen LogP contribution in [0.5, 0.6) is 0 Å². The van der Waals surface area contributed by atoms with Crippen LogP contribution in [0.1, 0.15) is 94.1 Å². The highest BCUT2D eigenvalue weighted by molar-refractivity contribution is 7.82. The van der Waals surface area contributed by atoms with E-state index in [1.54, 1.807) is 42.5 Å². The highest BCUT2D eigenvalue weighted by atomic mass is 32.2. The molecule has 2 amide bonds. The Morgan fingerprint density at radius 2 is 1.40 bits per heavy atom. The van der Waals surface area contributed by atoms with Crippen LogP contribution in [0.15, 0.2) is 95.9 Å². The predicted octanol–water partition coefficient (Wildman–Crippen LogP) is 7.60. The summed E-state index contributed by atoms with van der Waals surface area (Å²) in [6.45, 7) is 4.24. The van der Waals surface area contributed by atoms with E-state index in [-0.39, 0.29) is 23.4 Å². The van der Waals surface area contributed by atoms with Crippen molar-refractivity contribution in [2.45, 2.75) is 75.6 Å². The number of carboxylic acids is 2. The quantitative estimate of drug-likeness (QED) is 0.0756. The number of anilines is 3. The SMILES string of the molecule is CCN(C1CCC(C(=O)O)CC1)[SH+](=O)c1cccc(C(=O)Nc2ccc(N3CCCCC3)cc2C(=O)Nc2ccc(CCc3ccc(C(=O)O)cc3)cc2)c1. The van der Waals surface area contributed by atoms with E-state index in [2.05, 4.69) is 15.5 Å². The first kappa shape index (κ1) is 39.4. The van der Waals surface area contributed by atoms with Crippen molar-refractivity contribution in [1.82, 2.24) is 4.31 Å². The average Bonchev–Trinajstić information content (AvgIpc) is 3.21. The number of benzene rings is 4. The van der Waals surface area contributed by atoms with Gasteiger partial charge in [0.05, 0.1) is 28.8 Å². The van der Waals surface area contributed by atoms with Crippen molar-refractivity contribution in [3.8, 4) is 0 Å². The van der Waals surface area contributed by atoms with Gasteiger partial charge in [0, 0.05) is 42.6 Å². The van der Waals surface area contributed by atoms with Gasteiger partial charge in [0.2, 0.25) is 0 Å². The molecule has 4 aromatic carbocycles. The van der Waals surface area contributed by atoms with E-state index in [1.165, 1.54) is 0 Å². The molecule has 4 N–H and O–H groups in total. The van der Waals surface area contributed by atoms with Crippen molar-refractivity contribution < 1.29 is 33.6 Å². The molecule has 1 aliphatic heterocycles. The van der Waals surface area contributed by atoms with Gasteiger partial charge in [0.25, 0.3) is 11.8 Å². The van der Waals surface area contributed by atoms with Crippen molar-refractivity contribution in [2.75, 3.05) is 35.2 Å². The van der Waals surface area contributed by atoms with Crippen molar-refractivity contribution in [3.63, 3.8) is 0 Å². The topological polar surface area (TPSA) is 156 Å². The van der Waals surface area contributed by atoms with Crippen LogP contribution >= 0.6 is 0 Å². The van der Waals surface area contributed by atoms with Crippen LogP contribution in [0.4, 0.5) is 17.1 Å². The summed E-state index contributed by atoms with van der Waals surface area (Å²) in [6.07, 6.45) is 7.19. The first-order chi connectivity index (χ1) is 26.6. The fraction of sp³-hybridized carbons (Fsp3) is 0.349. The molecule has 0 aromatic heterocycles. The number of hydrogen-bond donors (Lipinski definition) is 4. The number of nitrogens with zero attached hydrogens (tertiary/aromatic N) is 2. The lowest BCUT2D eigenvalue weighted by atomic mass is 9.86. The molecular weight excluding hydrogens is 717 g/mol. The zero-order chi connectivity index (χ0) is 38.9. The number of carbonyl (C=O) groups is 4. The molecule has 2 aliphatic rings. The predicted molar refractivity (Wildman–Crippen MR) is 216 cm³/mol. The summed E-state index contributed by atoms with van der Waals surface area (Å²) in [6, 6.07) is 26.7. The van der Waals surface area contributed by atoms with Gasteiger partial charge in [-0.3, -0.25) is 14.4 Å². The monoisotopic (exact) mass is 765 g/mol. The number of piperidine rings is 1. The number of amides is 2. The molecule has 0 radical (unpaired) electrons. The Hall–Kier alpha value is -5.33. The van der Waals surface area contributed by atoms with Crippen LogP contribution in [0.25, 0.3) is 0 Å². The molecule has 12 heteroatoms. The molecule has 1 aliphatic carbocycles. The molecule has 0 spiro atoms. The summed E-state index contributed by atoms with van der Waals surface area (Å²) in [5.74, 6) is -2.90. The second kappa shape index (κ2) is 18.3. The van der Waals surface area contributed by atoms with Gasteiger partial charge in [0.15, 0.2) is 15.9 Å². The smallest absolute Gasteiger partial charge is 0.335 e. The molecule has 1 saturated heterocycles. The first-order valence-corrected chi connectivity index (χ1v) is 20.3. The van der Waals surface area contributed by atoms with Crippen molar-refractivity contribution in [3.05, 3.63) is 119 Å². The number of rotatable bonds is 14. The molecule has 288 valence electrons. The van der Waals surface area contributed by atoms with Crippen molar-refractivity contribution in [2.24, 2.45) is 5.92 Å². The summed E-state index contributed by atoms with van der Waals surface area (Å²) in [5.41, 5.74) is 4.86. The molecule has 4 aromatic rings. The molecule has 2 fully saturated rings. The minimum Gasteiger partial charge on any atom is -0.481 e. The summed E-state index contributed by atoms with van der Waals surface area (Å²) in [5, 5.41) is 24.5. The normalized spacial score (nSPS) is 17.7. The summed E-state index contributed by atoms with van der Waals surface area (Å²) >= 11 is 0. The average molecular weight is 766 g/mol. The zero-order valence-corrected chi connectivity index (χ0v) is 32.0. The maximum absolute atomic E-state index is 13.9. The van der Waals surface area contributed by atoms with Crippen molar-refractivity contribution in [1.29, 1.82) is 0 Å². The van der Waals surface area contributed by atoms with Crippen LogP contribution in [-0.2, 0) is 32.8 Å². The lowest BCUT2D eigenvalue weighted by Gasteiger charge is -2.30. The molecule has 6 rings (SSSR count). The minimum atomic E-state index is -2.00. The number of aliphatic carboxylic acids is 1. The third-order valence-electron chi connectivity index (χ3n) is 10.7. The van der Waals surface area contributed by atoms with E-state index in [1.807, 2.05) is 59.8 Å². The van der Waals surface area contributed by atoms with Gasteiger partial charge in [0.1, 0.15) is 0 Å². The number of hydrogen-bond acceptors (Lipinski definition) is 6. The standard InChI is InChI=1S/C43H48N4O7S/c1-2-47(35-21-17-32(18-22-35)43(52)53)55(54)37-8-6-7-33(27-37)40(48)45-39-24-23-36(46-25-4-3-5-26-46)28-38(39)41(49)44-34-19-13-30(14-20-34)10-9-29-11-15-31(16-12-29)42(50)51/h6-8,11-16,19-20,23-24,27-28,32,35H,2-5,9-10,17-18,21-22,25-26H2,1H3,(H,44,49)(H,45,48)(H,50,51)(H,52,53)/p+1. The molecule has 1 heterocycles. The van der Waals surface area contributed by atoms with Gasteiger partial charge in [-0.15, -0.1) is 4.31 Å². The number of aromatic carboxylic acids is 1. The van der Waals surface area contributed by atoms with Gasteiger partial charge >= 0.3 is 11.9 Å². The van der Waals surface area contributed by atoms with Gasteiger partial charge < -0.3 is 25.7 Å². The molecular formula is C43H49N4O7S+. The van der Waals surface area contributed by atoms with Gasteiger partial charge in [-0.25, -0.2) is 4.79 Å². The third-order valence-corrected chi connectivity index (χ3v) is 12.5. The van der Waals surface area contributed by atoms with Gasteiger partial charge in [-0.05, 0) is 130 Å². The second-order valence-electron chi connectivity index (χ2n) is 14.3. The molecule has 11 nitrogen and oxygen atoms in total. The van der Waals surface area contributed by atoms with E-state index < -0.39 is 28.8 Å². The fourth-order valence-electron chi connectivity index (χ4n) is 7.50. The van der Waals surface area contributed by atoms with Gasteiger partial charge in [-0.1, -0.05) is 34.5 Å². The van der Waals surface area contributed by atoms with E-state index >= 15 is 0 Å². The number of thiol groups is 1. The number of aryl methyl sites for hydroxylation is 2. The van der Waals surface area contributed by atoms with Crippen LogP contribution in [-0.4, -0.2) is 63.9 Å². The van der Waals surface area contributed by atoms with E-state index in [9.17, 15) is 28.5 Å². The Morgan fingerprint density at radius 1 is 0.745 bits per heavy atom. The number of carbonyl (C=O) groups excluding carboxylic acids is 2. The largest absolute Gasteiger partial charge is 0.481 e. The highest BCUT2D eigenvalue weighted by Crippen LogP contribution is 2.31. The molecule has 1 saturated carbocycles. The lowest BCUT2D eigenvalue weighted by molar-refractivity contribution is -0.143. The van der Waals surface area contributed by atoms with E-state index in [0.29, 0.717) is 59.6 Å². The maximum Gasteiger partial charge on any atom is 0.335 e. The summed E-state index contributed by atoms with van der Waals surface area (Å²) in [7, 11) is -2.00. The van der Waals surface area contributed by atoms with E-state index in [0.717, 1.165) is 62.0 Å². The Balaban J connectivity index is 1.15. The Morgan fingerprint density at radius 3 is 2.02 bits per heavy atom. The number of nitrogens with one attached hydrogen (secondary N) is 2. The van der Waals surface area contributed by atoms with Crippen LogP contribution in [0.3, 0.4) is 0 Å². The highest BCUT2D eigenvalue weighted by Gasteiger charge is 2.34. The zero-order valence-electron chi connectivity index (χ0n) is 31.1. The van der Waals surface area contributed by atoms with Crippen LogP contribution in [0.2, 0.25) is 0 Å². The summed E-state index contributed by atoms with van der Waals surface area (Å²) in [4.78, 5) is 53.1. The van der Waals surface area contributed by atoms with Crippen LogP contribution < -0.4 is 15.5 Å². The van der Waals surface area contributed by atoms with Crippen molar-refractivity contribution >= 4 is 51.8 Å². The molecule has 55 heavy (non-hydrogen) atoms. The molecule has 0 bridgehead atoms. The third kappa shape index (κ3) is 10.1. The Bertz CT molecular complexity index is 2020. The Labute approximate surface area is 324 Å². The lowest BCUT2D eigenvalue weighted by Crippen LogP contribution is -2.40. The van der Waals surface area contributed by atoms with E-state index in [4.69, 9.17) is 5.11 Å². The van der Waals surface area contributed by atoms with Crippen LogP contribution in [0, 0.1) is 5.92 Å². The second-order valence-corrected chi connectivity index (χ2v) is 15.9. The fourth-order valence-corrected chi connectivity index (χ4v) is 9.04. The molecule has 1 unspecified atom stereocenters. The maximum atomic E-state index is 13.9. The minimum absolute atomic E-state index is 0.00219. The number of carboxylic acid groups (broad SMARTS) is 2. The van der Waals surface area contributed by atoms with Gasteiger partial charge in [-0.2, -0.15) is 0 Å². The summed E-state index contributed by atoms with van der Waals surface area (Å²) < 4.78 is 15.8. The molecule has 1 atom stereocenters. The first-order valence-electron chi connectivity index (χ1n) is 19.1.